The molecule has 0 bridgehead atoms. The highest BCUT2D eigenvalue weighted by Crippen LogP contribution is 2.31. The van der Waals surface area contributed by atoms with Crippen LogP contribution in [0.4, 0.5) is 5.69 Å². The molecule has 1 heterocycles. The highest BCUT2D eigenvalue weighted by atomic mass is 35.5. The lowest BCUT2D eigenvalue weighted by Crippen LogP contribution is -1.83. The van der Waals surface area contributed by atoms with E-state index < -0.39 is 0 Å². The molecule has 0 spiro atoms. The van der Waals surface area contributed by atoms with Gasteiger partial charge in [-0.3, -0.25) is 0 Å². The van der Waals surface area contributed by atoms with Gasteiger partial charge in [0.05, 0.1) is 4.34 Å². The van der Waals surface area contributed by atoms with Crippen molar-refractivity contribution in [2.75, 3.05) is 5.73 Å². The van der Waals surface area contributed by atoms with Gasteiger partial charge in [-0.15, -0.1) is 11.3 Å². The zero-order valence-corrected chi connectivity index (χ0v) is 8.32. The van der Waals surface area contributed by atoms with E-state index >= 15 is 0 Å². The van der Waals surface area contributed by atoms with E-state index in [0.717, 1.165) is 20.5 Å². The van der Waals surface area contributed by atoms with Gasteiger partial charge in [0.2, 0.25) is 0 Å². The Morgan fingerprint density at radius 2 is 2.15 bits per heavy atom. The van der Waals surface area contributed by atoms with Crippen LogP contribution in [0.15, 0.2) is 30.3 Å². The maximum atomic E-state index is 5.82. The second kappa shape index (κ2) is 3.40. The molecule has 1 aromatic heterocycles. The van der Waals surface area contributed by atoms with Crippen molar-refractivity contribution in [1.29, 1.82) is 0 Å². The quantitative estimate of drug-likeness (QED) is 0.714. The van der Waals surface area contributed by atoms with Crippen molar-refractivity contribution >= 4 is 28.6 Å². The predicted octanol–water partition coefficient (Wildman–Crippen LogP) is 3.45. The van der Waals surface area contributed by atoms with E-state index in [1.165, 1.54) is 11.3 Å². The molecule has 0 aliphatic carbocycles. The molecule has 0 amide bonds. The molecular weight excluding hydrogens is 202 g/mol. The Morgan fingerprint density at radius 1 is 1.31 bits per heavy atom. The van der Waals surface area contributed by atoms with Gasteiger partial charge in [0.15, 0.2) is 0 Å². The highest BCUT2D eigenvalue weighted by molar-refractivity contribution is 7.19. The van der Waals surface area contributed by atoms with Crippen LogP contribution in [0.25, 0.3) is 10.4 Å². The summed E-state index contributed by atoms with van der Waals surface area (Å²) in [4.78, 5) is 1.09. The molecule has 13 heavy (non-hydrogen) atoms. The van der Waals surface area contributed by atoms with Crippen molar-refractivity contribution < 1.29 is 0 Å². The summed E-state index contributed by atoms with van der Waals surface area (Å²) in [6.07, 6.45) is 0. The van der Waals surface area contributed by atoms with Crippen LogP contribution >= 0.6 is 22.9 Å². The molecule has 3 heteroatoms. The Kier molecular flexibility index (Phi) is 2.25. The molecular formula is C10H7ClNS. The first kappa shape index (κ1) is 8.60. The van der Waals surface area contributed by atoms with Crippen LogP contribution in [0.1, 0.15) is 0 Å². The minimum atomic E-state index is 0.748. The highest BCUT2D eigenvalue weighted by Gasteiger charge is 2.01. The molecule has 1 nitrogen and oxygen atoms in total. The smallest absolute Gasteiger partial charge is 0.0934 e. The van der Waals surface area contributed by atoms with Crippen molar-refractivity contribution in [3.63, 3.8) is 0 Å². The van der Waals surface area contributed by atoms with Gasteiger partial charge in [-0.2, -0.15) is 0 Å². The molecule has 2 N–H and O–H groups in total. The lowest BCUT2D eigenvalue weighted by molar-refractivity contribution is 1.66. The summed E-state index contributed by atoms with van der Waals surface area (Å²) in [5.41, 5.74) is 7.40. The molecule has 2 aromatic rings. The molecule has 0 fully saturated rings. The van der Waals surface area contributed by atoms with Gasteiger partial charge < -0.3 is 5.73 Å². The molecule has 0 saturated heterocycles. The Hall–Kier alpha value is -0.990. The maximum absolute atomic E-state index is 5.82. The fourth-order valence-electron chi connectivity index (χ4n) is 1.09. The summed E-state index contributed by atoms with van der Waals surface area (Å²) >= 11 is 7.35. The minimum absolute atomic E-state index is 0.748. The maximum Gasteiger partial charge on any atom is 0.0934 e. The third-order valence-electron chi connectivity index (χ3n) is 1.66. The Labute approximate surface area is 85.8 Å². The van der Waals surface area contributed by atoms with E-state index in [9.17, 15) is 0 Å². The second-order valence-corrected chi connectivity index (χ2v) is 4.35. The number of nitrogen functional groups attached to an aromatic ring is 1. The van der Waals surface area contributed by atoms with Crippen LogP contribution in [0.3, 0.4) is 0 Å². The Balaban J connectivity index is 2.46. The number of anilines is 1. The topological polar surface area (TPSA) is 26.0 Å². The first-order chi connectivity index (χ1) is 6.25. The molecule has 0 unspecified atom stereocenters. The fourth-order valence-corrected chi connectivity index (χ4v) is 2.11. The number of rotatable bonds is 1. The first-order valence-electron chi connectivity index (χ1n) is 3.78. The van der Waals surface area contributed by atoms with Crippen molar-refractivity contribution in [3.05, 3.63) is 40.7 Å². The average molecular weight is 209 g/mol. The van der Waals surface area contributed by atoms with Crippen LogP contribution in [0.5, 0.6) is 0 Å². The van der Waals surface area contributed by atoms with Gasteiger partial charge >= 0.3 is 0 Å². The van der Waals surface area contributed by atoms with Crippen molar-refractivity contribution in [3.8, 4) is 10.4 Å². The predicted molar refractivity (Wildman–Crippen MR) is 58.0 cm³/mol. The molecule has 1 aromatic carbocycles. The van der Waals surface area contributed by atoms with E-state index in [4.69, 9.17) is 17.3 Å². The molecule has 0 saturated carbocycles. The zero-order valence-electron chi connectivity index (χ0n) is 6.75. The fraction of sp³-hybridized carbons (Fsp3) is 0. The van der Waals surface area contributed by atoms with Crippen LogP contribution in [0.2, 0.25) is 4.34 Å². The van der Waals surface area contributed by atoms with E-state index in [0.29, 0.717) is 0 Å². The third kappa shape index (κ3) is 1.85. The van der Waals surface area contributed by atoms with Gasteiger partial charge in [0.25, 0.3) is 0 Å². The second-order valence-electron chi connectivity index (χ2n) is 2.64. The summed E-state index contributed by atoms with van der Waals surface area (Å²) < 4.78 is 0.783. The van der Waals surface area contributed by atoms with E-state index in [-0.39, 0.29) is 0 Å². The molecule has 0 aliphatic rings. The van der Waals surface area contributed by atoms with Crippen molar-refractivity contribution in [2.24, 2.45) is 0 Å². The van der Waals surface area contributed by atoms with Gasteiger partial charge in [-0.05, 0) is 30.3 Å². The van der Waals surface area contributed by atoms with Gasteiger partial charge in [-0.1, -0.05) is 17.7 Å². The average Bonchev–Trinajstić information content (AvgIpc) is 2.52. The molecule has 0 aliphatic heterocycles. The Morgan fingerprint density at radius 3 is 2.77 bits per heavy atom. The number of nitrogens with two attached hydrogens (primary N) is 1. The lowest BCUT2D eigenvalue weighted by atomic mass is 10.2. The number of halogens is 1. The standard InChI is InChI=1S/C10H7ClNS/c11-10-5-4-9(13-10)7-2-1-3-8(12)6-7/h1,3-6H,12H2. The molecule has 65 valence electrons. The van der Waals surface area contributed by atoms with E-state index in [2.05, 4.69) is 6.07 Å². The number of benzene rings is 1. The van der Waals surface area contributed by atoms with Crippen LogP contribution in [0, 0.1) is 6.07 Å². The summed E-state index contributed by atoms with van der Waals surface area (Å²) in [7, 11) is 0. The van der Waals surface area contributed by atoms with Gasteiger partial charge in [0, 0.05) is 16.1 Å². The summed E-state index contributed by atoms with van der Waals surface area (Å²) in [6, 6.07) is 12.5. The van der Waals surface area contributed by atoms with Crippen molar-refractivity contribution in [2.45, 2.75) is 0 Å². The van der Waals surface area contributed by atoms with Gasteiger partial charge in [-0.25, -0.2) is 0 Å². The Bertz CT molecular complexity index is 422. The molecule has 2 rings (SSSR count). The molecule has 0 atom stereocenters. The summed E-state index contributed by atoms with van der Waals surface area (Å²) in [5.74, 6) is 0. The lowest BCUT2D eigenvalue weighted by Gasteiger charge is -1.97. The van der Waals surface area contributed by atoms with Crippen molar-refractivity contribution in [1.82, 2.24) is 0 Å². The van der Waals surface area contributed by atoms with Crippen LogP contribution < -0.4 is 5.73 Å². The number of thiophene rings is 1. The normalized spacial score (nSPS) is 10.2. The monoisotopic (exact) mass is 208 g/mol. The number of hydrogen-bond donors (Lipinski definition) is 1. The van der Waals surface area contributed by atoms with Crippen LogP contribution in [-0.2, 0) is 0 Å². The summed E-state index contributed by atoms with van der Waals surface area (Å²) in [6.45, 7) is 0. The first-order valence-corrected chi connectivity index (χ1v) is 4.98. The van der Waals surface area contributed by atoms with E-state index in [1.807, 2.05) is 30.3 Å². The zero-order chi connectivity index (χ0) is 9.26. The third-order valence-corrected chi connectivity index (χ3v) is 2.93. The SMILES string of the molecule is Nc1cc[c]c(-c2ccc(Cl)s2)c1. The summed E-state index contributed by atoms with van der Waals surface area (Å²) in [5, 5.41) is 0. The molecule has 1 radical (unpaired) electrons. The van der Waals surface area contributed by atoms with E-state index in [1.54, 1.807) is 0 Å². The minimum Gasteiger partial charge on any atom is -0.399 e. The largest absolute Gasteiger partial charge is 0.399 e. The van der Waals surface area contributed by atoms with Gasteiger partial charge in [0.1, 0.15) is 0 Å². The van der Waals surface area contributed by atoms with Crippen LogP contribution in [-0.4, -0.2) is 0 Å². The number of hydrogen-bond acceptors (Lipinski definition) is 2.